The Balaban J connectivity index is 1.99. The van der Waals surface area contributed by atoms with Gasteiger partial charge in [0.2, 0.25) is 0 Å². The molecule has 0 aromatic heterocycles. The van der Waals surface area contributed by atoms with E-state index in [1.54, 1.807) is 12.1 Å². The monoisotopic (exact) mass is 341 g/mol. The molecule has 2 aromatic rings. The summed E-state index contributed by atoms with van der Waals surface area (Å²) in [5.41, 5.74) is 1.60. The highest BCUT2D eigenvalue weighted by atomic mass is 16.6. The number of ether oxygens (including phenoxy) is 1. The first-order valence-electron chi connectivity index (χ1n) is 8.43. The van der Waals surface area contributed by atoms with Crippen LogP contribution in [0.3, 0.4) is 0 Å². The number of nitro groups is 1. The molecule has 1 aliphatic rings. The fourth-order valence-corrected chi connectivity index (χ4v) is 3.19. The summed E-state index contributed by atoms with van der Waals surface area (Å²) < 4.78 is 5.96. The van der Waals surface area contributed by atoms with E-state index in [2.05, 4.69) is 23.8 Å². The third-order valence-corrected chi connectivity index (χ3v) is 4.80. The molecule has 0 spiro atoms. The van der Waals surface area contributed by atoms with Crippen molar-refractivity contribution in [3.63, 3.8) is 0 Å². The van der Waals surface area contributed by atoms with Crippen molar-refractivity contribution in [2.24, 2.45) is 0 Å². The lowest BCUT2D eigenvalue weighted by Crippen LogP contribution is -2.50. The topological polar surface area (TPSA) is 58.9 Å². The maximum absolute atomic E-state index is 11.6. The Morgan fingerprint density at radius 2 is 1.88 bits per heavy atom. The zero-order chi connectivity index (χ0) is 18.0. The van der Waals surface area contributed by atoms with Crippen molar-refractivity contribution in [1.29, 1.82) is 0 Å². The third kappa shape index (κ3) is 3.58. The van der Waals surface area contributed by atoms with E-state index in [0.29, 0.717) is 17.5 Å². The smallest absolute Gasteiger partial charge is 0.293 e. The average molecular weight is 341 g/mol. The van der Waals surface area contributed by atoms with Gasteiger partial charge < -0.3 is 14.5 Å². The number of anilines is 1. The lowest BCUT2D eigenvalue weighted by atomic mass is 10.1. The second-order valence-corrected chi connectivity index (χ2v) is 6.50. The van der Waals surface area contributed by atoms with Crippen molar-refractivity contribution in [3.8, 4) is 11.5 Å². The zero-order valence-corrected chi connectivity index (χ0v) is 14.8. The first kappa shape index (κ1) is 17.2. The van der Waals surface area contributed by atoms with Gasteiger partial charge in [-0.25, -0.2) is 0 Å². The Bertz CT molecular complexity index is 764. The van der Waals surface area contributed by atoms with Crippen LogP contribution in [0.1, 0.15) is 12.5 Å². The van der Waals surface area contributed by atoms with Gasteiger partial charge in [0.1, 0.15) is 17.2 Å². The van der Waals surface area contributed by atoms with Crippen molar-refractivity contribution in [3.05, 3.63) is 58.1 Å². The van der Waals surface area contributed by atoms with Crippen LogP contribution in [0.15, 0.2) is 42.5 Å². The van der Waals surface area contributed by atoms with Gasteiger partial charge in [0.15, 0.2) is 0 Å². The highest BCUT2D eigenvalue weighted by Crippen LogP contribution is 2.39. The zero-order valence-electron chi connectivity index (χ0n) is 14.8. The number of nitrogens with zero attached hydrogens (tertiary/aromatic N) is 3. The van der Waals surface area contributed by atoms with E-state index in [-0.39, 0.29) is 10.6 Å². The molecule has 2 aromatic carbocycles. The van der Waals surface area contributed by atoms with Gasteiger partial charge in [0.25, 0.3) is 5.69 Å². The highest BCUT2D eigenvalue weighted by molar-refractivity contribution is 5.72. The van der Waals surface area contributed by atoms with Crippen molar-refractivity contribution < 1.29 is 9.66 Å². The van der Waals surface area contributed by atoms with Crippen molar-refractivity contribution in [1.82, 2.24) is 4.90 Å². The summed E-state index contributed by atoms with van der Waals surface area (Å²) >= 11 is 0. The van der Waals surface area contributed by atoms with Gasteiger partial charge in [0.05, 0.1) is 4.92 Å². The van der Waals surface area contributed by atoms with Crippen LogP contribution in [0.5, 0.6) is 11.5 Å². The number of nitro benzene ring substituents is 1. The van der Waals surface area contributed by atoms with Crippen LogP contribution in [-0.2, 0) is 0 Å². The number of piperazine rings is 1. The number of para-hydroxylation sites is 1. The number of hydrogen-bond acceptors (Lipinski definition) is 5. The van der Waals surface area contributed by atoms with Crippen molar-refractivity contribution in [2.45, 2.75) is 19.9 Å². The van der Waals surface area contributed by atoms with Gasteiger partial charge in [-0.05, 0) is 39.1 Å². The number of likely N-dealkylation sites (N-methyl/N-ethyl adjacent to an activating group) is 1. The minimum atomic E-state index is -0.308. The average Bonchev–Trinajstić information content (AvgIpc) is 2.60. The van der Waals surface area contributed by atoms with E-state index < -0.39 is 0 Å². The number of benzene rings is 2. The molecular formula is C19H23N3O3. The summed E-state index contributed by atoms with van der Waals surface area (Å²) in [6.45, 7) is 6.42. The van der Waals surface area contributed by atoms with Gasteiger partial charge >= 0.3 is 0 Å². The lowest BCUT2D eigenvalue weighted by molar-refractivity contribution is -0.384. The fraction of sp³-hybridized carbons (Fsp3) is 0.368. The molecule has 0 amide bonds. The minimum absolute atomic E-state index is 0.134. The summed E-state index contributed by atoms with van der Waals surface area (Å²) in [4.78, 5) is 15.6. The normalized spacial score (nSPS) is 18.2. The first-order chi connectivity index (χ1) is 12.0. The standard InChI is InChI=1S/C19H23N3O3/c1-14-13-21(12-11-20(14)3)19-15(2)18(10-9-17(19)22(23)24)25-16-7-5-4-6-8-16/h4-10,14H,11-13H2,1-3H3/t14-/m0/s1. The maximum atomic E-state index is 11.6. The first-order valence-corrected chi connectivity index (χ1v) is 8.43. The Morgan fingerprint density at radius 3 is 2.52 bits per heavy atom. The van der Waals surface area contributed by atoms with Gasteiger partial charge in [-0.1, -0.05) is 18.2 Å². The lowest BCUT2D eigenvalue weighted by Gasteiger charge is -2.39. The van der Waals surface area contributed by atoms with Crippen molar-refractivity contribution in [2.75, 3.05) is 31.6 Å². The number of hydrogen-bond donors (Lipinski definition) is 0. The Hall–Kier alpha value is -2.60. The van der Waals surface area contributed by atoms with Crippen molar-refractivity contribution >= 4 is 11.4 Å². The molecule has 1 heterocycles. The molecule has 0 aliphatic carbocycles. The molecule has 0 N–H and O–H groups in total. The predicted octanol–water partition coefficient (Wildman–Crippen LogP) is 3.84. The largest absolute Gasteiger partial charge is 0.457 e. The maximum Gasteiger partial charge on any atom is 0.293 e. The molecule has 0 radical (unpaired) electrons. The molecular weight excluding hydrogens is 318 g/mol. The second kappa shape index (κ2) is 7.11. The Kier molecular flexibility index (Phi) is 4.90. The molecule has 25 heavy (non-hydrogen) atoms. The van der Waals surface area contributed by atoms with Gasteiger partial charge in [-0.3, -0.25) is 10.1 Å². The number of rotatable bonds is 4. The third-order valence-electron chi connectivity index (χ3n) is 4.80. The second-order valence-electron chi connectivity index (χ2n) is 6.50. The van der Waals surface area contributed by atoms with E-state index in [4.69, 9.17) is 4.74 Å². The molecule has 1 saturated heterocycles. The SMILES string of the molecule is Cc1c(Oc2ccccc2)ccc([N+](=O)[O-])c1N1CCN(C)[C@@H](C)C1. The van der Waals surface area contributed by atoms with Crippen LogP contribution in [0.25, 0.3) is 0 Å². The molecule has 0 saturated carbocycles. The molecule has 132 valence electrons. The van der Waals surface area contributed by atoms with Crippen LogP contribution < -0.4 is 9.64 Å². The Morgan fingerprint density at radius 1 is 1.16 bits per heavy atom. The molecule has 6 nitrogen and oxygen atoms in total. The van der Waals surface area contributed by atoms with E-state index in [9.17, 15) is 10.1 Å². The Labute approximate surface area is 147 Å². The minimum Gasteiger partial charge on any atom is -0.457 e. The summed E-state index contributed by atoms with van der Waals surface area (Å²) in [7, 11) is 2.08. The molecule has 0 bridgehead atoms. The van der Waals surface area contributed by atoms with Crippen LogP contribution in [0, 0.1) is 17.0 Å². The molecule has 1 atom stereocenters. The highest BCUT2D eigenvalue weighted by Gasteiger charge is 2.29. The van der Waals surface area contributed by atoms with Crippen LogP contribution >= 0.6 is 0 Å². The molecule has 6 heteroatoms. The van der Waals surface area contributed by atoms with E-state index >= 15 is 0 Å². The van der Waals surface area contributed by atoms with Gasteiger partial charge in [-0.15, -0.1) is 0 Å². The summed E-state index contributed by atoms with van der Waals surface area (Å²) in [6, 6.07) is 13.0. The van der Waals surface area contributed by atoms with Gasteiger partial charge in [-0.2, -0.15) is 0 Å². The molecule has 0 unspecified atom stereocenters. The summed E-state index contributed by atoms with van der Waals surface area (Å²) in [6.07, 6.45) is 0. The van der Waals surface area contributed by atoms with Crippen LogP contribution in [0.4, 0.5) is 11.4 Å². The van der Waals surface area contributed by atoms with E-state index in [1.807, 2.05) is 37.3 Å². The molecule has 3 rings (SSSR count). The van der Waals surface area contributed by atoms with Crippen LogP contribution in [0.2, 0.25) is 0 Å². The fourth-order valence-electron chi connectivity index (χ4n) is 3.19. The van der Waals surface area contributed by atoms with Gasteiger partial charge in [0, 0.05) is 37.3 Å². The summed E-state index contributed by atoms with van der Waals surface area (Å²) in [5, 5.41) is 11.6. The quantitative estimate of drug-likeness (QED) is 0.625. The molecule has 1 fully saturated rings. The summed E-state index contributed by atoms with van der Waals surface area (Å²) in [5.74, 6) is 1.37. The predicted molar refractivity (Wildman–Crippen MR) is 98.7 cm³/mol. The molecule has 1 aliphatic heterocycles. The van der Waals surface area contributed by atoms with Crippen LogP contribution in [-0.4, -0.2) is 42.5 Å². The van der Waals surface area contributed by atoms with E-state index in [1.165, 1.54) is 0 Å². The van der Waals surface area contributed by atoms with E-state index in [0.717, 1.165) is 30.9 Å².